The molecule has 0 heterocycles. The molecule has 0 spiro atoms. The molecule has 2 heteroatoms. The Morgan fingerprint density at radius 1 is 0.969 bits per heavy atom. The Kier molecular flexibility index (Phi) is 7.17. The molecule has 32 heavy (non-hydrogen) atoms. The van der Waals surface area contributed by atoms with E-state index in [4.69, 9.17) is 4.43 Å². The van der Waals surface area contributed by atoms with Crippen molar-refractivity contribution in [2.24, 2.45) is 46.3 Å². The molecule has 0 bridgehead atoms. The van der Waals surface area contributed by atoms with Gasteiger partial charge in [-0.25, -0.2) is 0 Å². The van der Waals surface area contributed by atoms with Gasteiger partial charge in [0, 0.05) is 6.10 Å². The Labute approximate surface area is 201 Å². The fourth-order valence-corrected chi connectivity index (χ4v) is 10.5. The first-order valence-electron chi connectivity index (χ1n) is 14.3. The van der Waals surface area contributed by atoms with Crippen molar-refractivity contribution in [3.05, 3.63) is 11.6 Å². The summed E-state index contributed by atoms with van der Waals surface area (Å²) < 4.78 is 6.58. The van der Waals surface area contributed by atoms with E-state index in [0.717, 1.165) is 35.5 Å². The SMILES string of the molecule is CC(C)CCCC(C)C1CCC2C3CC=C4C[C@@H](O[Si](C)(C)C)CCC4(C)C3CCC12C. The molecule has 0 aromatic carbocycles. The van der Waals surface area contributed by atoms with Crippen molar-refractivity contribution in [2.45, 2.75) is 131 Å². The second-order valence-electron chi connectivity index (χ2n) is 14.4. The van der Waals surface area contributed by atoms with Crippen LogP contribution < -0.4 is 0 Å². The van der Waals surface area contributed by atoms with E-state index in [2.05, 4.69) is 60.3 Å². The zero-order valence-electron chi connectivity index (χ0n) is 22.8. The zero-order chi connectivity index (χ0) is 23.3. The highest BCUT2D eigenvalue weighted by Gasteiger charge is 2.59. The summed E-state index contributed by atoms with van der Waals surface area (Å²) in [6.07, 6.45) is 18.8. The van der Waals surface area contributed by atoms with Crippen LogP contribution in [0.1, 0.15) is 105 Å². The van der Waals surface area contributed by atoms with Crippen LogP contribution in [-0.4, -0.2) is 14.4 Å². The van der Waals surface area contributed by atoms with Gasteiger partial charge >= 0.3 is 0 Å². The molecular formula is C30H54OSi. The molecule has 3 saturated carbocycles. The molecule has 0 aromatic heterocycles. The molecule has 184 valence electrons. The first-order valence-corrected chi connectivity index (χ1v) is 17.7. The molecule has 4 aliphatic rings. The highest BCUT2D eigenvalue weighted by atomic mass is 28.4. The predicted octanol–water partition coefficient (Wildman–Crippen LogP) is 9.25. The maximum atomic E-state index is 6.58. The summed E-state index contributed by atoms with van der Waals surface area (Å²) in [4.78, 5) is 0. The van der Waals surface area contributed by atoms with Crippen molar-refractivity contribution >= 4 is 8.32 Å². The van der Waals surface area contributed by atoms with Gasteiger partial charge < -0.3 is 4.43 Å². The second-order valence-corrected chi connectivity index (χ2v) is 18.8. The van der Waals surface area contributed by atoms with Crippen LogP contribution in [0.25, 0.3) is 0 Å². The molecule has 0 radical (unpaired) electrons. The van der Waals surface area contributed by atoms with E-state index in [1.165, 1.54) is 70.6 Å². The van der Waals surface area contributed by atoms with Crippen LogP contribution in [0, 0.1) is 46.3 Å². The summed E-state index contributed by atoms with van der Waals surface area (Å²) in [5, 5.41) is 0. The van der Waals surface area contributed by atoms with Gasteiger partial charge in [-0.15, -0.1) is 0 Å². The van der Waals surface area contributed by atoms with Crippen LogP contribution in [0.2, 0.25) is 19.6 Å². The summed E-state index contributed by atoms with van der Waals surface area (Å²) in [6, 6.07) is 0. The van der Waals surface area contributed by atoms with Gasteiger partial charge in [-0.1, -0.05) is 65.5 Å². The molecule has 0 aromatic rings. The number of hydrogen-bond acceptors (Lipinski definition) is 1. The lowest BCUT2D eigenvalue weighted by Gasteiger charge is -2.58. The maximum absolute atomic E-state index is 6.58. The van der Waals surface area contributed by atoms with Crippen molar-refractivity contribution in [3.63, 3.8) is 0 Å². The quantitative estimate of drug-likeness (QED) is 0.273. The normalized spacial score (nSPS) is 42.8. The van der Waals surface area contributed by atoms with E-state index in [1.54, 1.807) is 5.57 Å². The Bertz CT molecular complexity index is 689. The van der Waals surface area contributed by atoms with Crippen molar-refractivity contribution in [2.75, 3.05) is 0 Å². The lowest BCUT2D eigenvalue weighted by atomic mass is 9.47. The summed E-state index contributed by atoms with van der Waals surface area (Å²) in [6.45, 7) is 19.8. The van der Waals surface area contributed by atoms with E-state index < -0.39 is 8.32 Å². The Morgan fingerprint density at radius 2 is 1.72 bits per heavy atom. The van der Waals surface area contributed by atoms with Gasteiger partial charge in [0.2, 0.25) is 0 Å². The largest absolute Gasteiger partial charge is 0.414 e. The van der Waals surface area contributed by atoms with Crippen molar-refractivity contribution in [1.82, 2.24) is 0 Å². The molecule has 8 atom stereocenters. The van der Waals surface area contributed by atoms with Gasteiger partial charge in [0.25, 0.3) is 0 Å². The molecule has 3 fully saturated rings. The van der Waals surface area contributed by atoms with Crippen LogP contribution in [-0.2, 0) is 4.43 Å². The molecule has 0 saturated heterocycles. The minimum absolute atomic E-state index is 0.463. The van der Waals surface area contributed by atoms with Gasteiger partial charge in [0.1, 0.15) is 0 Å². The number of fused-ring (bicyclic) bond motifs is 5. The van der Waals surface area contributed by atoms with Gasteiger partial charge in [0.15, 0.2) is 8.32 Å². The lowest BCUT2D eigenvalue weighted by Crippen LogP contribution is -2.51. The third-order valence-electron chi connectivity index (χ3n) is 10.8. The fourth-order valence-electron chi connectivity index (χ4n) is 9.25. The molecular weight excluding hydrogens is 404 g/mol. The molecule has 4 rings (SSSR count). The topological polar surface area (TPSA) is 9.23 Å². The van der Waals surface area contributed by atoms with Crippen LogP contribution in [0.5, 0.6) is 0 Å². The molecule has 0 aliphatic heterocycles. The monoisotopic (exact) mass is 458 g/mol. The number of allylic oxidation sites excluding steroid dienone is 1. The third-order valence-corrected chi connectivity index (χ3v) is 11.8. The minimum Gasteiger partial charge on any atom is -0.414 e. The van der Waals surface area contributed by atoms with Crippen molar-refractivity contribution in [1.29, 1.82) is 0 Å². The van der Waals surface area contributed by atoms with E-state index in [0.29, 0.717) is 16.9 Å². The summed E-state index contributed by atoms with van der Waals surface area (Å²) >= 11 is 0. The average molecular weight is 459 g/mol. The van der Waals surface area contributed by atoms with Gasteiger partial charge in [-0.05, 0) is 117 Å². The van der Waals surface area contributed by atoms with Crippen LogP contribution in [0.3, 0.4) is 0 Å². The number of hydrogen-bond donors (Lipinski definition) is 0. The lowest BCUT2D eigenvalue weighted by molar-refractivity contribution is -0.0563. The van der Waals surface area contributed by atoms with E-state index >= 15 is 0 Å². The predicted molar refractivity (Wildman–Crippen MR) is 141 cm³/mol. The Balaban J connectivity index is 1.46. The molecule has 0 amide bonds. The number of rotatable bonds is 7. The molecule has 1 nitrogen and oxygen atoms in total. The second kappa shape index (κ2) is 9.18. The van der Waals surface area contributed by atoms with Gasteiger partial charge in [-0.2, -0.15) is 0 Å². The summed E-state index contributed by atoms with van der Waals surface area (Å²) in [5.74, 6) is 5.61. The maximum Gasteiger partial charge on any atom is 0.184 e. The first-order chi connectivity index (χ1) is 14.9. The van der Waals surface area contributed by atoms with Gasteiger partial charge in [-0.3, -0.25) is 0 Å². The highest BCUT2D eigenvalue weighted by molar-refractivity contribution is 6.69. The smallest absolute Gasteiger partial charge is 0.184 e. The Morgan fingerprint density at radius 3 is 2.41 bits per heavy atom. The molecule has 7 unspecified atom stereocenters. The van der Waals surface area contributed by atoms with Crippen molar-refractivity contribution < 1.29 is 4.43 Å². The summed E-state index contributed by atoms with van der Waals surface area (Å²) in [5.41, 5.74) is 2.86. The van der Waals surface area contributed by atoms with Crippen LogP contribution in [0.4, 0.5) is 0 Å². The van der Waals surface area contributed by atoms with Crippen LogP contribution >= 0.6 is 0 Å². The Hall–Kier alpha value is -0.0831. The molecule has 0 N–H and O–H groups in total. The summed E-state index contributed by atoms with van der Waals surface area (Å²) in [7, 11) is -1.45. The zero-order valence-corrected chi connectivity index (χ0v) is 23.8. The minimum atomic E-state index is -1.45. The highest BCUT2D eigenvalue weighted by Crippen LogP contribution is 2.67. The van der Waals surface area contributed by atoms with E-state index in [9.17, 15) is 0 Å². The van der Waals surface area contributed by atoms with E-state index in [1.807, 2.05) is 0 Å². The third kappa shape index (κ3) is 4.71. The van der Waals surface area contributed by atoms with E-state index in [-0.39, 0.29) is 0 Å². The molecule has 4 aliphatic carbocycles. The van der Waals surface area contributed by atoms with Gasteiger partial charge in [0.05, 0.1) is 0 Å². The fraction of sp³-hybridized carbons (Fsp3) is 0.933. The average Bonchev–Trinajstić information content (AvgIpc) is 3.04. The standard InChI is InChI=1S/C30H54OSi/c1-21(2)10-9-11-22(3)26-14-15-27-25-13-12-23-20-24(31-32(6,7)8)16-18-29(23,4)28(25)17-19-30(26,27)5/h12,21-22,24-28H,9-11,13-20H2,1-8H3/t22?,24-,25?,26?,27?,28?,29?,30?/m0/s1. The van der Waals surface area contributed by atoms with Crippen LogP contribution in [0.15, 0.2) is 11.6 Å². The first kappa shape index (κ1) is 25.0. The van der Waals surface area contributed by atoms with Crippen molar-refractivity contribution in [3.8, 4) is 0 Å².